The van der Waals surface area contributed by atoms with Crippen molar-refractivity contribution in [2.45, 2.75) is 17.0 Å². The van der Waals surface area contributed by atoms with E-state index in [2.05, 4.69) is 35.5 Å². The third kappa shape index (κ3) is 3.06. The Hall–Kier alpha value is -3.09. The molecule has 2 aromatic carbocycles. The van der Waals surface area contributed by atoms with Crippen molar-refractivity contribution in [2.75, 3.05) is 19.4 Å². The van der Waals surface area contributed by atoms with Crippen LogP contribution in [-0.4, -0.2) is 47.3 Å². The van der Waals surface area contributed by atoms with Gasteiger partial charge in [-0.2, -0.15) is 0 Å². The Morgan fingerprint density at radius 1 is 1.10 bits per heavy atom. The van der Waals surface area contributed by atoms with Crippen LogP contribution in [-0.2, 0) is 4.74 Å². The maximum absolute atomic E-state index is 12.9. The van der Waals surface area contributed by atoms with Gasteiger partial charge in [0.1, 0.15) is 11.3 Å². The quantitative estimate of drug-likeness (QED) is 0.423. The number of furan rings is 1. The molecule has 1 unspecified atom stereocenters. The number of amides is 1. The maximum atomic E-state index is 12.9. The molecule has 2 aliphatic heterocycles. The number of carbonyl (C=O) groups is 1. The highest BCUT2D eigenvalue weighted by Crippen LogP contribution is 2.35. The van der Waals surface area contributed by atoms with Crippen molar-refractivity contribution in [3.05, 3.63) is 72.4 Å². The minimum atomic E-state index is 0.0608. The van der Waals surface area contributed by atoms with Crippen LogP contribution in [0.25, 0.3) is 33.6 Å². The number of pyridine rings is 1. The first kappa shape index (κ1) is 18.7. The normalized spacial score (nSPS) is 19.6. The molecule has 1 amide bonds. The number of hydrogen-bond acceptors (Lipinski definition) is 5. The summed E-state index contributed by atoms with van der Waals surface area (Å²) >= 11 is 1.71. The largest absolute Gasteiger partial charge is 0.454 e. The summed E-state index contributed by atoms with van der Waals surface area (Å²) in [5, 5.41) is 0. The molecule has 0 aliphatic carbocycles. The highest BCUT2D eigenvalue weighted by Gasteiger charge is 2.49. The van der Waals surface area contributed by atoms with Gasteiger partial charge in [0.15, 0.2) is 5.58 Å². The molecule has 2 aromatic heterocycles. The summed E-state index contributed by atoms with van der Waals surface area (Å²) in [6.07, 6.45) is 4.08. The first-order chi connectivity index (χ1) is 15.2. The predicted molar refractivity (Wildman–Crippen MR) is 121 cm³/mol. The van der Waals surface area contributed by atoms with Crippen LogP contribution in [0.15, 0.2) is 76.2 Å². The average molecular weight is 429 g/mol. The van der Waals surface area contributed by atoms with Crippen LogP contribution >= 0.6 is 11.8 Å². The number of carbonyl (C=O) groups excluding carboxylic acids is 1. The first-order valence-electron chi connectivity index (χ1n) is 10.3. The standard InChI is InChI=1S/C25H20N2O3S/c1-31-18-7-5-15(6-8-18)22-12-20-24(30-22)19(9-10-26-20)16-3-2-4-17(11-16)25(28)27-13-23-21(27)14-29-23/h2-12,21,23H,13-14H2,1H3/t21?,23-/m1/s1. The fourth-order valence-electron chi connectivity index (χ4n) is 4.26. The van der Waals surface area contributed by atoms with Crippen LogP contribution in [0.2, 0.25) is 0 Å². The van der Waals surface area contributed by atoms with E-state index in [0.29, 0.717) is 18.7 Å². The Kier molecular flexibility index (Phi) is 4.37. The van der Waals surface area contributed by atoms with Gasteiger partial charge in [0.2, 0.25) is 0 Å². The summed E-state index contributed by atoms with van der Waals surface area (Å²) in [5.74, 6) is 0.845. The van der Waals surface area contributed by atoms with E-state index in [-0.39, 0.29) is 18.1 Å². The first-order valence-corrected chi connectivity index (χ1v) is 11.5. The third-order valence-corrected chi connectivity index (χ3v) is 6.90. The van der Waals surface area contributed by atoms with E-state index in [1.165, 1.54) is 4.90 Å². The zero-order chi connectivity index (χ0) is 20.9. The van der Waals surface area contributed by atoms with E-state index in [0.717, 1.165) is 33.6 Å². The summed E-state index contributed by atoms with van der Waals surface area (Å²) in [6.45, 7) is 1.33. The molecule has 2 atom stereocenters. The van der Waals surface area contributed by atoms with Crippen molar-refractivity contribution in [3.8, 4) is 22.5 Å². The highest BCUT2D eigenvalue weighted by atomic mass is 32.2. The number of rotatable bonds is 4. The van der Waals surface area contributed by atoms with Crippen molar-refractivity contribution in [1.29, 1.82) is 0 Å². The number of aromatic nitrogens is 1. The molecule has 0 N–H and O–H groups in total. The molecule has 6 rings (SSSR count). The van der Waals surface area contributed by atoms with Gasteiger partial charge in [-0.1, -0.05) is 24.3 Å². The number of hydrogen-bond donors (Lipinski definition) is 0. The number of thioether (sulfide) groups is 1. The molecule has 2 fully saturated rings. The fourth-order valence-corrected chi connectivity index (χ4v) is 4.66. The SMILES string of the molecule is CSc1ccc(-c2cc3nccc(-c4cccc(C(=O)N5C[C@H]6OCC65)c4)c3o2)cc1. The molecule has 4 aromatic rings. The second-order valence-corrected chi connectivity index (χ2v) is 8.77. The van der Waals surface area contributed by atoms with Crippen LogP contribution < -0.4 is 0 Å². The molecular weight excluding hydrogens is 408 g/mol. The maximum Gasteiger partial charge on any atom is 0.254 e. The van der Waals surface area contributed by atoms with E-state index >= 15 is 0 Å². The molecule has 31 heavy (non-hydrogen) atoms. The van der Waals surface area contributed by atoms with Gasteiger partial charge in [-0.3, -0.25) is 9.78 Å². The Labute approximate surface area is 184 Å². The number of ether oxygens (including phenoxy) is 1. The predicted octanol–water partition coefficient (Wildman–Crippen LogP) is 5.11. The van der Waals surface area contributed by atoms with E-state index < -0.39 is 0 Å². The van der Waals surface area contributed by atoms with E-state index in [9.17, 15) is 4.79 Å². The van der Waals surface area contributed by atoms with Crippen molar-refractivity contribution in [2.24, 2.45) is 0 Å². The van der Waals surface area contributed by atoms with Crippen molar-refractivity contribution >= 4 is 28.8 Å². The lowest BCUT2D eigenvalue weighted by atomic mass is 9.93. The summed E-state index contributed by atoms with van der Waals surface area (Å²) in [5.41, 5.74) is 5.11. The van der Waals surface area contributed by atoms with Crippen molar-refractivity contribution in [1.82, 2.24) is 9.88 Å². The van der Waals surface area contributed by atoms with Crippen LogP contribution in [0.1, 0.15) is 10.4 Å². The molecule has 0 saturated carbocycles. The van der Waals surface area contributed by atoms with Gasteiger partial charge in [0.25, 0.3) is 5.91 Å². The minimum absolute atomic E-state index is 0.0608. The summed E-state index contributed by atoms with van der Waals surface area (Å²) in [7, 11) is 0. The van der Waals surface area contributed by atoms with Crippen LogP contribution in [0.5, 0.6) is 0 Å². The van der Waals surface area contributed by atoms with Crippen LogP contribution in [0.4, 0.5) is 0 Å². The number of likely N-dealkylation sites (tertiary alicyclic amines) is 1. The molecule has 4 heterocycles. The summed E-state index contributed by atoms with van der Waals surface area (Å²) in [6, 6.07) is 20.2. The monoisotopic (exact) mass is 428 g/mol. The van der Waals surface area contributed by atoms with Gasteiger partial charge in [-0.05, 0) is 42.2 Å². The molecule has 0 bridgehead atoms. The topological polar surface area (TPSA) is 55.6 Å². The lowest BCUT2D eigenvalue weighted by Gasteiger charge is -2.54. The van der Waals surface area contributed by atoms with E-state index in [1.807, 2.05) is 41.3 Å². The number of nitrogens with zero attached hydrogens (tertiary/aromatic N) is 2. The minimum Gasteiger partial charge on any atom is -0.454 e. The highest BCUT2D eigenvalue weighted by molar-refractivity contribution is 7.98. The summed E-state index contributed by atoms with van der Waals surface area (Å²) in [4.78, 5) is 20.5. The van der Waals surface area contributed by atoms with Gasteiger partial charge >= 0.3 is 0 Å². The smallest absolute Gasteiger partial charge is 0.254 e. The fraction of sp³-hybridized carbons (Fsp3) is 0.200. The Morgan fingerprint density at radius 3 is 2.68 bits per heavy atom. The van der Waals surface area contributed by atoms with E-state index in [4.69, 9.17) is 9.15 Å². The Morgan fingerprint density at radius 2 is 1.97 bits per heavy atom. The molecule has 6 heteroatoms. The lowest BCUT2D eigenvalue weighted by Crippen LogP contribution is -2.71. The Bertz CT molecular complexity index is 1300. The lowest BCUT2D eigenvalue weighted by molar-refractivity contribution is -0.195. The zero-order valence-corrected chi connectivity index (χ0v) is 17.8. The number of morpholine rings is 1. The molecule has 2 aliphatic rings. The molecular formula is C25H20N2O3S. The van der Waals surface area contributed by atoms with Gasteiger partial charge in [-0.25, -0.2) is 0 Å². The number of benzene rings is 2. The Balaban J connectivity index is 1.36. The van der Waals surface area contributed by atoms with E-state index in [1.54, 1.807) is 18.0 Å². The van der Waals surface area contributed by atoms with Gasteiger partial charge < -0.3 is 14.1 Å². The number of fused-ring (bicyclic) bond motifs is 2. The van der Waals surface area contributed by atoms with Crippen molar-refractivity contribution < 1.29 is 13.9 Å². The van der Waals surface area contributed by atoms with Crippen LogP contribution in [0, 0.1) is 0 Å². The summed E-state index contributed by atoms with van der Waals surface area (Å²) < 4.78 is 11.7. The second kappa shape index (κ2) is 7.25. The molecule has 0 spiro atoms. The molecule has 2 saturated heterocycles. The molecule has 154 valence electrons. The van der Waals surface area contributed by atoms with Gasteiger partial charge in [0, 0.05) is 40.4 Å². The molecule has 5 nitrogen and oxygen atoms in total. The van der Waals surface area contributed by atoms with Gasteiger partial charge in [0.05, 0.1) is 18.8 Å². The molecule has 0 radical (unpaired) electrons. The van der Waals surface area contributed by atoms with Crippen molar-refractivity contribution in [3.63, 3.8) is 0 Å². The average Bonchev–Trinajstić information content (AvgIpc) is 3.25. The second-order valence-electron chi connectivity index (χ2n) is 7.89. The van der Waals surface area contributed by atoms with Crippen LogP contribution in [0.3, 0.4) is 0 Å². The zero-order valence-electron chi connectivity index (χ0n) is 16.9. The third-order valence-electron chi connectivity index (χ3n) is 6.16. The van der Waals surface area contributed by atoms with Gasteiger partial charge in [-0.15, -0.1) is 11.8 Å².